The highest BCUT2D eigenvalue weighted by atomic mass is 16.5. The highest BCUT2D eigenvalue weighted by molar-refractivity contribution is 5.88. The van der Waals surface area contributed by atoms with Gasteiger partial charge in [-0.1, -0.05) is 6.92 Å². The normalized spacial score (nSPS) is 9.64. The zero-order valence-electron chi connectivity index (χ0n) is 6.55. The van der Waals surface area contributed by atoms with Gasteiger partial charge >= 0.3 is 5.97 Å². The fourth-order valence-corrected chi connectivity index (χ4v) is 0.858. The van der Waals surface area contributed by atoms with Crippen molar-refractivity contribution in [3.05, 3.63) is 17.5 Å². The number of hydrogen-bond donors (Lipinski definition) is 1. The van der Waals surface area contributed by atoms with E-state index in [2.05, 4.69) is 14.9 Å². The molecule has 0 aliphatic carbocycles. The Labute approximate surface area is 64.6 Å². The third kappa shape index (κ3) is 1.39. The molecule has 60 valence electrons. The van der Waals surface area contributed by atoms with Crippen molar-refractivity contribution in [2.45, 2.75) is 13.3 Å². The van der Waals surface area contributed by atoms with Crippen LogP contribution in [0.2, 0.25) is 0 Å². The first-order valence-corrected chi connectivity index (χ1v) is 3.40. The van der Waals surface area contributed by atoms with Crippen molar-refractivity contribution in [3.63, 3.8) is 0 Å². The Morgan fingerprint density at radius 3 is 3.09 bits per heavy atom. The summed E-state index contributed by atoms with van der Waals surface area (Å²) in [5.41, 5.74) is 1.34. The molecule has 1 aromatic rings. The summed E-state index contributed by atoms with van der Waals surface area (Å²) in [5.74, 6) is -0.362. The van der Waals surface area contributed by atoms with Crippen molar-refractivity contribution in [2.75, 3.05) is 7.11 Å². The van der Waals surface area contributed by atoms with Gasteiger partial charge in [-0.15, -0.1) is 0 Å². The molecule has 4 nitrogen and oxygen atoms in total. The predicted molar refractivity (Wildman–Crippen MR) is 39.3 cm³/mol. The van der Waals surface area contributed by atoms with Crippen LogP contribution in [-0.4, -0.2) is 23.3 Å². The largest absolute Gasteiger partial charge is 0.464 e. The van der Waals surface area contributed by atoms with E-state index in [1.54, 1.807) is 6.20 Å². The molecule has 1 aromatic heterocycles. The highest BCUT2D eigenvalue weighted by Gasteiger charge is 2.11. The molecular weight excluding hydrogens is 144 g/mol. The number of aromatic amines is 1. The van der Waals surface area contributed by atoms with Crippen LogP contribution in [0.3, 0.4) is 0 Å². The molecule has 1 N–H and O–H groups in total. The number of nitrogens with one attached hydrogen (secondary N) is 1. The standard InChI is InChI=1S/C7H10N2O2/c1-3-5-4-8-9-6(5)7(10)11-2/h4H,3H2,1-2H3,(H,8,9). The van der Waals surface area contributed by atoms with Crippen LogP contribution in [0, 0.1) is 0 Å². The summed E-state index contributed by atoms with van der Waals surface area (Å²) in [6.07, 6.45) is 2.41. The Morgan fingerprint density at radius 2 is 2.55 bits per heavy atom. The third-order valence-electron chi connectivity index (χ3n) is 1.49. The molecule has 0 atom stereocenters. The van der Waals surface area contributed by atoms with Gasteiger partial charge in [0, 0.05) is 5.56 Å². The summed E-state index contributed by atoms with van der Waals surface area (Å²) in [5, 5.41) is 6.32. The van der Waals surface area contributed by atoms with Crippen LogP contribution in [0.15, 0.2) is 6.20 Å². The van der Waals surface area contributed by atoms with Crippen molar-refractivity contribution in [2.24, 2.45) is 0 Å². The molecule has 4 heteroatoms. The summed E-state index contributed by atoms with van der Waals surface area (Å²) < 4.78 is 4.53. The number of H-pyrrole nitrogens is 1. The number of nitrogens with zero attached hydrogens (tertiary/aromatic N) is 1. The fraction of sp³-hybridized carbons (Fsp3) is 0.429. The van der Waals surface area contributed by atoms with E-state index in [1.807, 2.05) is 6.92 Å². The monoisotopic (exact) mass is 154 g/mol. The van der Waals surface area contributed by atoms with Crippen molar-refractivity contribution in [1.29, 1.82) is 0 Å². The van der Waals surface area contributed by atoms with E-state index in [1.165, 1.54) is 7.11 Å². The lowest BCUT2D eigenvalue weighted by atomic mass is 10.2. The number of hydrogen-bond acceptors (Lipinski definition) is 3. The van der Waals surface area contributed by atoms with E-state index in [4.69, 9.17) is 0 Å². The maximum absolute atomic E-state index is 11.0. The lowest BCUT2D eigenvalue weighted by Crippen LogP contribution is -2.04. The molecule has 0 fully saturated rings. The zero-order chi connectivity index (χ0) is 8.27. The van der Waals surface area contributed by atoms with Gasteiger partial charge in [-0.05, 0) is 6.42 Å². The van der Waals surface area contributed by atoms with Crippen LogP contribution in [0.25, 0.3) is 0 Å². The molecule has 0 aliphatic heterocycles. The first-order valence-electron chi connectivity index (χ1n) is 3.40. The molecule has 0 aromatic carbocycles. The van der Waals surface area contributed by atoms with E-state index < -0.39 is 0 Å². The van der Waals surface area contributed by atoms with E-state index in [0.29, 0.717) is 5.69 Å². The number of rotatable bonds is 2. The third-order valence-corrected chi connectivity index (χ3v) is 1.49. The molecule has 0 saturated carbocycles. The topological polar surface area (TPSA) is 55.0 Å². The minimum atomic E-state index is -0.362. The number of carbonyl (C=O) groups excluding carboxylic acids is 1. The molecule has 0 unspecified atom stereocenters. The van der Waals surface area contributed by atoms with Crippen LogP contribution >= 0.6 is 0 Å². The number of ether oxygens (including phenoxy) is 1. The molecule has 0 saturated heterocycles. The molecule has 0 aliphatic rings. The highest BCUT2D eigenvalue weighted by Crippen LogP contribution is 2.05. The van der Waals surface area contributed by atoms with Gasteiger partial charge in [0.25, 0.3) is 0 Å². The predicted octanol–water partition coefficient (Wildman–Crippen LogP) is 0.759. The fourth-order valence-electron chi connectivity index (χ4n) is 0.858. The first kappa shape index (κ1) is 7.78. The maximum atomic E-state index is 11.0. The van der Waals surface area contributed by atoms with Crippen LogP contribution < -0.4 is 0 Å². The number of methoxy groups -OCH3 is 1. The number of aromatic nitrogens is 2. The Hall–Kier alpha value is -1.32. The number of aryl methyl sites for hydroxylation is 1. The van der Waals surface area contributed by atoms with Crippen LogP contribution in [0.4, 0.5) is 0 Å². The maximum Gasteiger partial charge on any atom is 0.356 e. The van der Waals surface area contributed by atoms with E-state index in [0.717, 1.165) is 12.0 Å². The Bertz CT molecular complexity index is 255. The summed E-state index contributed by atoms with van der Waals surface area (Å²) in [6, 6.07) is 0. The quantitative estimate of drug-likeness (QED) is 0.640. The van der Waals surface area contributed by atoms with Gasteiger partial charge in [-0.2, -0.15) is 5.10 Å². The van der Waals surface area contributed by atoms with Crippen LogP contribution in [0.5, 0.6) is 0 Å². The van der Waals surface area contributed by atoms with Gasteiger partial charge in [0.2, 0.25) is 0 Å². The van der Waals surface area contributed by atoms with Crippen molar-refractivity contribution < 1.29 is 9.53 Å². The van der Waals surface area contributed by atoms with Crippen molar-refractivity contribution in [1.82, 2.24) is 10.2 Å². The minimum absolute atomic E-state index is 0.362. The molecule has 1 rings (SSSR count). The first-order chi connectivity index (χ1) is 5.29. The molecular formula is C7H10N2O2. The molecule has 0 spiro atoms. The van der Waals surface area contributed by atoms with Crippen LogP contribution in [-0.2, 0) is 11.2 Å². The van der Waals surface area contributed by atoms with Gasteiger partial charge in [-0.25, -0.2) is 4.79 Å². The lowest BCUT2D eigenvalue weighted by molar-refractivity contribution is 0.0593. The molecule has 1 heterocycles. The summed E-state index contributed by atoms with van der Waals surface area (Å²) in [6.45, 7) is 1.96. The number of carbonyl (C=O) groups is 1. The molecule has 11 heavy (non-hydrogen) atoms. The van der Waals surface area contributed by atoms with Crippen LogP contribution in [0.1, 0.15) is 23.0 Å². The molecule has 0 amide bonds. The van der Waals surface area contributed by atoms with Gasteiger partial charge in [0.15, 0.2) is 0 Å². The van der Waals surface area contributed by atoms with Crippen molar-refractivity contribution >= 4 is 5.97 Å². The summed E-state index contributed by atoms with van der Waals surface area (Å²) >= 11 is 0. The second kappa shape index (κ2) is 3.18. The van der Waals surface area contributed by atoms with E-state index >= 15 is 0 Å². The minimum Gasteiger partial charge on any atom is -0.464 e. The Kier molecular flexibility index (Phi) is 2.25. The number of esters is 1. The van der Waals surface area contributed by atoms with E-state index in [9.17, 15) is 4.79 Å². The van der Waals surface area contributed by atoms with Gasteiger partial charge in [-0.3, -0.25) is 5.10 Å². The van der Waals surface area contributed by atoms with Gasteiger partial charge < -0.3 is 4.74 Å². The zero-order valence-corrected chi connectivity index (χ0v) is 6.55. The second-order valence-corrected chi connectivity index (χ2v) is 2.12. The molecule has 0 bridgehead atoms. The summed E-state index contributed by atoms with van der Waals surface area (Å²) in [7, 11) is 1.35. The SMILES string of the molecule is CCc1cn[nH]c1C(=O)OC. The second-order valence-electron chi connectivity index (χ2n) is 2.12. The average Bonchev–Trinajstić information content (AvgIpc) is 2.50. The Morgan fingerprint density at radius 1 is 1.82 bits per heavy atom. The Balaban J connectivity index is 2.92. The van der Waals surface area contributed by atoms with Crippen molar-refractivity contribution in [3.8, 4) is 0 Å². The van der Waals surface area contributed by atoms with Gasteiger partial charge in [0.1, 0.15) is 5.69 Å². The smallest absolute Gasteiger partial charge is 0.356 e. The average molecular weight is 154 g/mol. The lowest BCUT2D eigenvalue weighted by Gasteiger charge is -1.96. The van der Waals surface area contributed by atoms with E-state index in [-0.39, 0.29) is 5.97 Å². The van der Waals surface area contributed by atoms with Gasteiger partial charge in [0.05, 0.1) is 13.3 Å². The molecule has 0 radical (unpaired) electrons. The summed E-state index contributed by atoms with van der Waals surface area (Å²) in [4.78, 5) is 11.0.